The molecule has 0 aliphatic heterocycles. The summed E-state index contributed by atoms with van der Waals surface area (Å²) in [5.41, 5.74) is -0.150. The van der Waals surface area contributed by atoms with Gasteiger partial charge in [-0.3, -0.25) is 4.79 Å². The van der Waals surface area contributed by atoms with Gasteiger partial charge in [0.25, 0.3) is 5.91 Å². The molecule has 2 aromatic rings. The van der Waals surface area contributed by atoms with Crippen molar-refractivity contribution in [3.8, 4) is 0 Å². The standard InChI is InChI=1S/C16H14F2INO3S/c1-2-7-24(22,23)14-6-4-3-5-11(14)16(21)20-10-8-12(17)15(19)13(18)9-10/h3-6,8-9H,2,7H2,1H3,(H,20,21). The molecule has 1 N–H and O–H groups in total. The van der Waals surface area contributed by atoms with Gasteiger partial charge in [-0.15, -0.1) is 0 Å². The Hall–Kier alpha value is -1.55. The fourth-order valence-corrected chi connectivity index (χ4v) is 3.98. The van der Waals surface area contributed by atoms with Crippen molar-refractivity contribution >= 4 is 44.0 Å². The van der Waals surface area contributed by atoms with E-state index in [0.29, 0.717) is 6.42 Å². The van der Waals surface area contributed by atoms with Crippen LogP contribution in [0.4, 0.5) is 14.5 Å². The number of sulfone groups is 1. The van der Waals surface area contributed by atoms with Gasteiger partial charge >= 0.3 is 0 Å². The van der Waals surface area contributed by atoms with Gasteiger partial charge in [0.2, 0.25) is 0 Å². The molecule has 2 rings (SSSR count). The maximum atomic E-state index is 13.6. The second-order valence-corrected chi connectivity index (χ2v) is 8.18. The Labute approximate surface area is 152 Å². The van der Waals surface area contributed by atoms with E-state index in [1.54, 1.807) is 6.92 Å². The first-order chi connectivity index (χ1) is 11.3. The van der Waals surface area contributed by atoms with Crippen LogP contribution >= 0.6 is 22.6 Å². The van der Waals surface area contributed by atoms with Crippen molar-refractivity contribution in [2.24, 2.45) is 0 Å². The van der Waals surface area contributed by atoms with Crippen molar-refractivity contribution < 1.29 is 22.0 Å². The van der Waals surface area contributed by atoms with Gasteiger partial charge < -0.3 is 5.32 Å². The van der Waals surface area contributed by atoms with Gasteiger partial charge in [-0.1, -0.05) is 19.1 Å². The summed E-state index contributed by atoms with van der Waals surface area (Å²) in [7, 11) is -3.61. The zero-order chi connectivity index (χ0) is 17.9. The molecule has 0 aliphatic rings. The minimum atomic E-state index is -3.61. The van der Waals surface area contributed by atoms with Gasteiger partial charge in [-0.25, -0.2) is 17.2 Å². The fraction of sp³-hybridized carbons (Fsp3) is 0.188. The molecule has 0 fully saturated rings. The van der Waals surface area contributed by atoms with Crippen molar-refractivity contribution in [2.75, 3.05) is 11.1 Å². The van der Waals surface area contributed by atoms with Crippen LogP contribution in [0.2, 0.25) is 0 Å². The molecule has 24 heavy (non-hydrogen) atoms. The smallest absolute Gasteiger partial charge is 0.256 e. The summed E-state index contributed by atoms with van der Waals surface area (Å²) < 4.78 is 51.5. The lowest BCUT2D eigenvalue weighted by Crippen LogP contribution is -2.18. The SMILES string of the molecule is CCCS(=O)(=O)c1ccccc1C(=O)Nc1cc(F)c(I)c(F)c1. The summed E-state index contributed by atoms with van der Waals surface area (Å²) in [6.45, 7) is 1.72. The monoisotopic (exact) mass is 465 g/mol. The topological polar surface area (TPSA) is 63.2 Å². The zero-order valence-corrected chi connectivity index (χ0v) is 15.6. The first kappa shape index (κ1) is 18.8. The van der Waals surface area contributed by atoms with E-state index >= 15 is 0 Å². The van der Waals surface area contributed by atoms with Crippen LogP contribution in [0, 0.1) is 15.2 Å². The molecule has 0 unspecified atom stereocenters. The Kier molecular flexibility index (Phi) is 5.92. The lowest BCUT2D eigenvalue weighted by molar-refractivity contribution is 0.102. The highest BCUT2D eigenvalue weighted by atomic mass is 127. The molecule has 4 nitrogen and oxygen atoms in total. The molecule has 0 bridgehead atoms. The predicted molar refractivity (Wildman–Crippen MR) is 95.8 cm³/mol. The lowest BCUT2D eigenvalue weighted by Gasteiger charge is -2.11. The third-order valence-electron chi connectivity index (χ3n) is 3.18. The van der Waals surface area contributed by atoms with Crippen LogP contribution in [-0.2, 0) is 9.84 Å². The Bertz CT molecular complexity index is 862. The quantitative estimate of drug-likeness (QED) is 0.537. The number of hydrogen-bond donors (Lipinski definition) is 1. The molecule has 8 heteroatoms. The van der Waals surface area contributed by atoms with Gasteiger partial charge in [-0.05, 0) is 53.3 Å². The van der Waals surface area contributed by atoms with Crippen LogP contribution in [0.25, 0.3) is 0 Å². The van der Waals surface area contributed by atoms with Crippen molar-refractivity contribution in [3.63, 3.8) is 0 Å². The van der Waals surface area contributed by atoms with E-state index in [2.05, 4.69) is 5.32 Å². The molecule has 128 valence electrons. The van der Waals surface area contributed by atoms with E-state index in [1.165, 1.54) is 46.9 Å². The average molecular weight is 465 g/mol. The Balaban J connectivity index is 2.38. The molecular weight excluding hydrogens is 451 g/mol. The number of carbonyl (C=O) groups is 1. The summed E-state index contributed by atoms with van der Waals surface area (Å²) in [4.78, 5) is 12.3. The van der Waals surface area contributed by atoms with E-state index < -0.39 is 27.4 Å². The molecule has 0 saturated heterocycles. The summed E-state index contributed by atoms with van der Waals surface area (Å²) >= 11 is 1.51. The highest BCUT2D eigenvalue weighted by Crippen LogP contribution is 2.23. The van der Waals surface area contributed by atoms with Crippen molar-refractivity contribution in [1.82, 2.24) is 0 Å². The van der Waals surface area contributed by atoms with Crippen molar-refractivity contribution in [1.29, 1.82) is 0 Å². The van der Waals surface area contributed by atoms with E-state index in [0.717, 1.165) is 12.1 Å². The molecule has 0 spiro atoms. The molecular formula is C16H14F2INO3S. The maximum Gasteiger partial charge on any atom is 0.256 e. The molecule has 0 saturated carbocycles. The number of anilines is 1. The zero-order valence-electron chi connectivity index (χ0n) is 12.6. The molecule has 0 radical (unpaired) electrons. The van der Waals surface area contributed by atoms with Gasteiger partial charge in [0.05, 0.1) is 19.8 Å². The maximum absolute atomic E-state index is 13.6. The number of benzene rings is 2. The Morgan fingerprint density at radius 3 is 2.33 bits per heavy atom. The van der Waals surface area contributed by atoms with Gasteiger partial charge in [-0.2, -0.15) is 0 Å². The third-order valence-corrected chi connectivity index (χ3v) is 6.18. The fourth-order valence-electron chi connectivity index (χ4n) is 2.13. The molecule has 2 aromatic carbocycles. The van der Waals surface area contributed by atoms with E-state index in [1.807, 2.05) is 0 Å². The summed E-state index contributed by atoms with van der Waals surface area (Å²) in [6.07, 6.45) is 0.409. The Morgan fingerprint density at radius 1 is 1.17 bits per heavy atom. The largest absolute Gasteiger partial charge is 0.322 e. The number of rotatable bonds is 5. The third kappa shape index (κ3) is 4.10. The number of halogens is 3. The van der Waals surface area contributed by atoms with Crippen LogP contribution in [0.3, 0.4) is 0 Å². The number of carbonyl (C=O) groups excluding carboxylic acids is 1. The predicted octanol–water partition coefficient (Wildman–Crippen LogP) is 4.01. The molecule has 0 aromatic heterocycles. The molecule has 1 amide bonds. The van der Waals surface area contributed by atoms with E-state index in [-0.39, 0.29) is 25.5 Å². The summed E-state index contributed by atoms with van der Waals surface area (Å²) in [6, 6.07) is 7.70. The lowest BCUT2D eigenvalue weighted by atomic mass is 10.2. The average Bonchev–Trinajstić information content (AvgIpc) is 2.52. The molecule has 0 atom stereocenters. The van der Waals surface area contributed by atoms with Crippen LogP contribution in [0.15, 0.2) is 41.3 Å². The van der Waals surface area contributed by atoms with Gasteiger partial charge in [0.1, 0.15) is 11.6 Å². The van der Waals surface area contributed by atoms with E-state index in [4.69, 9.17) is 0 Å². The van der Waals surface area contributed by atoms with Gasteiger partial charge in [0.15, 0.2) is 9.84 Å². The van der Waals surface area contributed by atoms with Crippen LogP contribution in [-0.4, -0.2) is 20.1 Å². The number of nitrogens with one attached hydrogen (secondary N) is 1. The summed E-state index contributed by atoms with van der Waals surface area (Å²) in [5.74, 6) is -2.45. The second-order valence-electron chi connectivity index (χ2n) is 5.02. The first-order valence-electron chi connectivity index (χ1n) is 7.04. The van der Waals surface area contributed by atoms with E-state index in [9.17, 15) is 22.0 Å². The van der Waals surface area contributed by atoms with Crippen molar-refractivity contribution in [3.05, 3.63) is 57.2 Å². The normalized spacial score (nSPS) is 11.3. The number of hydrogen-bond acceptors (Lipinski definition) is 3. The van der Waals surface area contributed by atoms with Crippen LogP contribution < -0.4 is 5.32 Å². The van der Waals surface area contributed by atoms with Crippen LogP contribution in [0.5, 0.6) is 0 Å². The van der Waals surface area contributed by atoms with Crippen molar-refractivity contribution in [2.45, 2.75) is 18.2 Å². The summed E-state index contributed by atoms with van der Waals surface area (Å²) in [5, 5.41) is 2.33. The first-order valence-corrected chi connectivity index (χ1v) is 9.77. The number of amides is 1. The minimum absolute atomic E-state index is 0.0645. The van der Waals surface area contributed by atoms with Crippen LogP contribution in [0.1, 0.15) is 23.7 Å². The molecule has 0 aliphatic carbocycles. The highest BCUT2D eigenvalue weighted by Gasteiger charge is 2.22. The van der Waals surface area contributed by atoms with Gasteiger partial charge in [0, 0.05) is 5.69 Å². The Morgan fingerprint density at radius 2 is 1.75 bits per heavy atom. The molecule has 0 heterocycles. The second kappa shape index (κ2) is 7.56. The minimum Gasteiger partial charge on any atom is -0.322 e. The highest BCUT2D eigenvalue weighted by molar-refractivity contribution is 14.1.